The number of nitro benzene ring substituents is 1. The summed E-state index contributed by atoms with van der Waals surface area (Å²) in [6, 6.07) is 27.5. The number of Topliss-reactive ketones (excluding diaryl/α,β-unsaturated/α-hetero) is 1. The number of aromatic nitrogens is 1. The van der Waals surface area contributed by atoms with Crippen molar-refractivity contribution in [2.75, 3.05) is 44.6 Å². The Balaban J connectivity index is 0.917. The monoisotopic (exact) mass is 734 g/mol. The lowest BCUT2D eigenvalue weighted by Crippen LogP contribution is -2.42. The minimum Gasteiger partial charge on any atom is -0.506 e. The van der Waals surface area contributed by atoms with E-state index in [1.165, 1.54) is 30.3 Å². The van der Waals surface area contributed by atoms with E-state index in [9.17, 15) is 34.7 Å². The van der Waals surface area contributed by atoms with Crippen LogP contribution in [0.15, 0.2) is 102 Å². The average Bonchev–Trinajstić information content (AvgIpc) is 3.18. The van der Waals surface area contributed by atoms with E-state index in [-0.39, 0.29) is 54.0 Å². The molecule has 0 radical (unpaired) electrons. The molecule has 54 heavy (non-hydrogen) atoms. The molecule has 14 heteroatoms. The maximum Gasteiger partial charge on any atom is 0.411 e. The third kappa shape index (κ3) is 9.53. The first-order valence-electron chi connectivity index (χ1n) is 17.8. The Hall–Kier alpha value is -5.93. The summed E-state index contributed by atoms with van der Waals surface area (Å²) in [6.07, 6.45) is -0.352. The summed E-state index contributed by atoms with van der Waals surface area (Å²) in [5, 5.41) is 42.3. The summed E-state index contributed by atoms with van der Waals surface area (Å²) in [5.74, 6) is -0.406. The van der Waals surface area contributed by atoms with Crippen molar-refractivity contribution in [2.45, 2.75) is 31.6 Å². The second kappa shape index (κ2) is 17.7. The molecule has 0 saturated carbocycles. The Bertz CT molecular complexity index is 2170. The first-order chi connectivity index (χ1) is 26.2. The van der Waals surface area contributed by atoms with Crippen molar-refractivity contribution in [3.05, 3.63) is 134 Å². The number of aliphatic hydroxyl groups excluding tert-OH is 1. The van der Waals surface area contributed by atoms with Gasteiger partial charge >= 0.3 is 6.09 Å². The second-order valence-corrected chi connectivity index (χ2v) is 13.1. The molecule has 0 bridgehead atoms. The molecule has 1 amide bonds. The number of fused-ring (bicyclic) bond motifs is 1. The van der Waals surface area contributed by atoms with Crippen molar-refractivity contribution in [3.8, 4) is 16.9 Å². The van der Waals surface area contributed by atoms with Gasteiger partial charge in [-0.3, -0.25) is 25.0 Å². The molecule has 0 spiro atoms. The Kier molecular flexibility index (Phi) is 12.4. The summed E-state index contributed by atoms with van der Waals surface area (Å²) in [5.41, 5.74) is 3.22. The van der Waals surface area contributed by atoms with Gasteiger partial charge in [0.1, 0.15) is 11.9 Å². The van der Waals surface area contributed by atoms with Gasteiger partial charge < -0.3 is 35.5 Å². The summed E-state index contributed by atoms with van der Waals surface area (Å²) in [6.45, 7) is 2.79. The Morgan fingerprint density at radius 1 is 0.963 bits per heavy atom. The van der Waals surface area contributed by atoms with Gasteiger partial charge in [-0.15, -0.1) is 0 Å². The minimum absolute atomic E-state index is 0.0109. The zero-order valence-corrected chi connectivity index (χ0v) is 29.5. The zero-order chi connectivity index (χ0) is 38.0. The molecule has 14 nitrogen and oxygen atoms in total. The predicted molar refractivity (Wildman–Crippen MR) is 205 cm³/mol. The molecule has 1 aliphatic heterocycles. The number of ketones is 1. The number of carbonyl (C=O) groups excluding carboxylic acids is 2. The number of benzene rings is 4. The van der Waals surface area contributed by atoms with Gasteiger partial charge in [0.25, 0.3) is 5.69 Å². The fraction of sp³-hybridized carbons (Fsp3) is 0.275. The van der Waals surface area contributed by atoms with Crippen LogP contribution in [0.3, 0.4) is 0 Å². The minimum atomic E-state index is -1.04. The number of aromatic hydroxyl groups is 1. The third-order valence-corrected chi connectivity index (χ3v) is 9.47. The van der Waals surface area contributed by atoms with Crippen molar-refractivity contribution in [3.63, 3.8) is 0 Å². The number of hydrogen-bond acceptors (Lipinski definition) is 11. The number of carbonyl (C=O) groups is 2. The first kappa shape index (κ1) is 37.8. The molecule has 2 heterocycles. The number of nitro groups is 1. The SMILES string of the molecule is O=C(Nc1ccccc1-c1ccccc1)OC1CCN(CCNCC(=O)c2ccc(CNC[C@@H](O)c3ccc(O)c4[nH]c(=O)ccc34)c([N+](=O)[O-])c2)CC1. The fourth-order valence-electron chi connectivity index (χ4n) is 6.60. The average molecular weight is 735 g/mol. The van der Waals surface area contributed by atoms with Crippen LogP contribution in [0, 0.1) is 10.1 Å². The van der Waals surface area contributed by atoms with Crippen molar-refractivity contribution in [1.29, 1.82) is 0 Å². The number of hydrogen-bond donors (Lipinski definition) is 6. The number of ether oxygens (including phenoxy) is 1. The number of H-pyrrole nitrogens is 1. The highest BCUT2D eigenvalue weighted by molar-refractivity contribution is 5.98. The number of pyridine rings is 1. The molecular weight excluding hydrogens is 692 g/mol. The lowest BCUT2D eigenvalue weighted by atomic mass is 10.0. The van der Waals surface area contributed by atoms with E-state index in [2.05, 4.69) is 25.8 Å². The van der Waals surface area contributed by atoms with E-state index >= 15 is 0 Å². The molecule has 6 rings (SSSR count). The third-order valence-electron chi connectivity index (χ3n) is 9.47. The van der Waals surface area contributed by atoms with Crippen LogP contribution in [-0.4, -0.2) is 82.3 Å². The highest BCUT2D eigenvalue weighted by Crippen LogP contribution is 2.30. The standard InChI is InChI=1S/C40H42N6O8/c47-35-14-12-31(32-13-15-38(50)44-39(32)35)37(49)25-42-23-28-11-10-27(22-34(28)46(52)53)36(48)24-41-18-21-45-19-16-29(17-20-45)54-40(51)43-33-9-5-4-8-30(33)26-6-2-1-3-7-26/h1-15,22,29,37,41-42,47,49H,16-21,23-25H2,(H,43,51)(H,44,50)/t37-/m1/s1. The van der Waals surface area contributed by atoms with E-state index in [4.69, 9.17) is 4.74 Å². The van der Waals surface area contributed by atoms with E-state index in [1.807, 2.05) is 54.6 Å². The lowest BCUT2D eigenvalue weighted by Gasteiger charge is -2.31. The van der Waals surface area contributed by atoms with Crippen molar-refractivity contribution in [2.24, 2.45) is 0 Å². The van der Waals surface area contributed by atoms with E-state index in [1.54, 1.807) is 12.1 Å². The van der Waals surface area contributed by atoms with Crippen molar-refractivity contribution < 1.29 is 29.5 Å². The number of likely N-dealkylation sites (tertiary alicyclic amines) is 1. The van der Waals surface area contributed by atoms with E-state index in [0.717, 1.165) is 24.2 Å². The number of nitrogens with one attached hydrogen (secondary N) is 4. The summed E-state index contributed by atoms with van der Waals surface area (Å²) in [7, 11) is 0. The van der Waals surface area contributed by atoms with Gasteiger partial charge in [0.2, 0.25) is 5.56 Å². The molecule has 0 unspecified atom stereocenters. The van der Waals surface area contributed by atoms with Gasteiger partial charge in [0, 0.05) is 73.5 Å². The lowest BCUT2D eigenvalue weighted by molar-refractivity contribution is -0.385. The maximum absolute atomic E-state index is 12.9. The van der Waals surface area contributed by atoms with Crippen molar-refractivity contribution in [1.82, 2.24) is 20.5 Å². The molecule has 280 valence electrons. The Morgan fingerprint density at radius 3 is 2.50 bits per heavy atom. The number of rotatable bonds is 15. The highest BCUT2D eigenvalue weighted by atomic mass is 16.6. The van der Waals surface area contributed by atoms with Crippen LogP contribution in [0.2, 0.25) is 0 Å². The zero-order valence-electron chi connectivity index (χ0n) is 29.5. The summed E-state index contributed by atoms with van der Waals surface area (Å²) >= 11 is 0. The first-order valence-corrected chi connectivity index (χ1v) is 17.8. The number of aromatic amines is 1. The maximum atomic E-state index is 12.9. The smallest absolute Gasteiger partial charge is 0.411 e. The fourth-order valence-corrected chi connectivity index (χ4v) is 6.60. The van der Waals surface area contributed by atoms with Gasteiger partial charge in [-0.05, 0) is 42.2 Å². The molecule has 1 saturated heterocycles. The molecule has 1 atom stereocenters. The number of amides is 1. The van der Waals surface area contributed by atoms with Crippen LogP contribution >= 0.6 is 0 Å². The molecule has 0 aliphatic carbocycles. The second-order valence-electron chi connectivity index (χ2n) is 13.1. The number of para-hydroxylation sites is 1. The molecule has 6 N–H and O–H groups in total. The van der Waals surface area contributed by atoms with E-state index in [0.29, 0.717) is 48.1 Å². The molecule has 1 aliphatic rings. The largest absolute Gasteiger partial charge is 0.506 e. The van der Waals surface area contributed by atoms with E-state index < -0.39 is 22.7 Å². The number of anilines is 1. The topological polar surface area (TPSA) is 199 Å². The van der Waals surface area contributed by atoms with Crippen LogP contribution in [0.5, 0.6) is 5.75 Å². The van der Waals surface area contributed by atoms with Gasteiger partial charge in [0.05, 0.1) is 28.8 Å². The van der Waals surface area contributed by atoms with Crippen LogP contribution in [-0.2, 0) is 11.3 Å². The van der Waals surface area contributed by atoms with Crippen LogP contribution < -0.4 is 21.5 Å². The Morgan fingerprint density at radius 2 is 1.72 bits per heavy atom. The molecule has 5 aromatic rings. The van der Waals surface area contributed by atoms with Crippen LogP contribution in [0.25, 0.3) is 22.0 Å². The van der Waals surface area contributed by atoms with Gasteiger partial charge in [-0.2, -0.15) is 0 Å². The molecule has 1 aromatic heterocycles. The summed E-state index contributed by atoms with van der Waals surface area (Å²) < 4.78 is 5.73. The number of piperidine rings is 1. The number of phenolic OH excluding ortho intramolecular Hbond substituents is 1. The Labute approximate surface area is 310 Å². The quantitative estimate of drug-likeness (QED) is 0.0361. The number of phenols is 1. The molecule has 1 fully saturated rings. The van der Waals surface area contributed by atoms with Gasteiger partial charge in [-0.25, -0.2) is 4.79 Å². The molecule has 4 aromatic carbocycles. The number of nitrogens with zero attached hydrogens (tertiary/aromatic N) is 2. The highest BCUT2D eigenvalue weighted by Gasteiger charge is 2.23. The van der Waals surface area contributed by atoms with Gasteiger partial charge in [0.15, 0.2) is 5.78 Å². The predicted octanol–water partition coefficient (Wildman–Crippen LogP) is 5.12. The van der Waals surface area contributed by atoms with Crippen LogP contribution in [0.4, 0.5) is 16.2 Å². The van der Waals surface area contributed by atoms with Gasteiger partial charge in [-0.1, -0.05) is 66.7 Å². The number of aliphatic hydroxyl groups is 1. The summed E-state index contributed by atoms with van der Waals surface area (Å²) in [4.78, 5) is 53.5. The van der Waals surface area contributed by atoms with Crippen LogP contribution in [0.1, 0.15) is 40.4 Å². The normalized spacial score (nSPS) is 14.1. The van der Waals surface area contributed by atoms with Crippen molar-refractivity contribution >= 4 is 34.2 Å². The molecular formula is C40H42N6O8.